The molecule has 1 aromatic carbocycles. The number of carboxylic acid groups (broad SMARTS) is 1. The monoisotopic (exact) mass is 314 g/mol. The largest absolute Gasteiger partial charge is 0.478 e. The second kappa shape index (κ2) is 5.09. The van der Waals surface area contributed by atoms with Crippen molar-refractivity contribution in [2.75, 3.05) is 5.75 Å². The fourth-order valence-corrected chi connectivity index (χ4v) is 2.04. The molecule has 0 radical (unpaired) electrons. The van der Waals surface area contributed by atoms with Crippen molar-refractivity contribution in [3.63, 3.8) is 0 Å². The first-order chi connectivity index (χ1) is 7.29. The minimum atomic E-state index is -4.26. The molecule has 0 atom stereocenters. The molecule has 2 nitrogen and oxygen atoms in total. The second-order valence-corrected chi connectivity index (χ2v) is 4.75. The molecule has 7 heteroatoms. The van der Waals surface area contributed by atoms with Crippen molar-refractivity contribution in [3.8, 4) is 0 Å². The minimum absolute atomic E-state index is 0.0489. The van der Waals surface area contributed by atoms with Crippen LogP contribution in [0.3, 0.4) is 0 Å². The number of rotatable bonds is 3. The summed E-state index contributed by atoms with van der Waals surface area (Å²) in [5.74, 6) is -2.21. The third-order valence-electron chi connectivity index (χ3n) is 1.57. The zero-order valence-corrected chi connectivity index (χ0v) is 10.1. The molecule has 1 aromatic rings. The molecule has 0 heterocycles. The van der Waals surface area contributed by atoms with Gasteiger partial charge in [-0.2, -0.15) is 13.2 Å². The third-order valence-corrected chi connectivity index (χ3v) is 3.32. The fourth-order valence-electron chi connectivity index (χ4n) is 0.923. The number of hydrogen-bond acceptors (Lipinski definition) is 2. The molecule has 0 aromatic heterocycles. The molecular weight excluding hydrogens is 309 g/mol. The molecule has 0 aliphatic heterocycles. The predicted molar refractivity (Wildman–Crippen MR) is 57.9 cm³/mol. The van der Waals surface area contributed by atoms with E-state index in [-0.39, 0.29) is 10.5 Å². The number of halogens is 4. The van der Waals surface area contributed by atoms with Crippen molar-refractivity contribution >= 4 is 33.7 Å². The van der Waals surface area contributed by atoms with Crippen LogP contribution in [0.4, 0.5) is 13.2 Å². The lowest BCUT2D eigenvalue weighted by Gasteiger charge is -2.07. The SMILES string of the molecule is O=C(O)c1cc(SCC(F)(F)F)ccc1Br. The van der Waals surface area contributed by atoms with E-state index in [9.17, 15) is 18.0 Å². The fraction of sp³-hybridized carbons (Fsp3) is 0.222. The van der Waals surface area contributed by atoms with Crippen molar-refractivity contribution in [1.29, 1.82) is 0 Å². The molecule has 0 aliphatic carbocycles. The Morgan fingerprint density at radius 3 is 2.56 bits per heavy atom. The van der Waals surface area contributed by atoms with E-state index < -0.39 is 17.9 Å². The molecule has 0 saturated carbocycles. The lowest BCUT2D eigenvalue weighted by Crippen LogP contribution is -2.10. The van der Waals surface area contributed by atoms with Crippen LogP contribution in [-0.4, -0.2) is 23.0 Å². The van der Waals surface area contributed by atoms with Gasteiger partial charge in [0.05, 0.1) is 11.3 Å². The first-order valence-electron chi connectivity index (χ1n) is 4.02. The normalized spacial score (nSPS) is 11.5. The molecule has 88 valence electrons. The van der Waals surface area contributed by atoms with Crippen LogP contribution in [0.15, 0.2) is 27.6 Å². The number of aromatic carboxylic acids is 1. The van der Waals surface area contributed by atoms with Crippen LogP contribution in [0.1, 0.15) is 10.4 Å². The number of benzene rings is 1. The number of carboxylic acids is 1. The standard InChI is InChI=1S/C9H6BrF3O2S/c10-7-2-1-5(3-6(7)8(14)15)16-4-9(11,12)13/h1-3H,4H2,(H,14,15). The van der Waals surface area contributed by atoms with Gasteiger partial charge in [-0.05, 0) is 34.1 Å². The third kappa shape index (κ3) is 4.05. The van der Waals surface area contributed by atoms with Crippen molar-refractivity contribution in [2.24, 2.45) is 0 Å². The number of carbonyl (C=O) groups is 1. The summed E-state index contributed by atoms with van der Waals surface area (Å²) >= 11 is 3.57. The Morgan fingerprint density at radius 2 is 2.06 bits per heavy atom. The summed E-state index contributed by atoms with van der Waals surface area (Å²) in [4.78, 5) is 11.0. The Bertz CT molecular complexity index is 406. The van der Waals surface area contributed by atoms with Crippen LogP contribution in [0.25, 0.3) is 0 Å². The Kier molecular flexibility index (Phi) is 4.26. The van der Waals surface area contributed by atoms with E-state index in [1.807, 2.05) is 0 Å². The van der Waals surface area contributed by atoms with Crippen molar-refractivity contribution < 1.29 is 23.1 Å². The zero-order chi connectivity index (χ0) is 12.3. The zero-order valence-electron chi connectivity index (χ0n) is 7.71. The van der Waals surface area contributed by atoms with Gasteiger partial charge in [-0.3, -0.25) is 0 Å². The van der Waals surface area contributed by atoms with E-state index in [2.05, 4.69) is 15.9 Å². The van der Waals surface area contributed by atoms with Gasteiger partial charge in [0.2, 0.25) is 0 Å². The Labute approximate surface area is 102 Å². The molecule has 0 aliphatic rings. The van der Waals surface area contributed by atoms with Crippen molar-refractivity contribution in [3.05, 3.63) is 28.2 Å². The van der Waals surface area contributed by atoms with Crippen LogP contribution < -0.4 is 0 Å². The molecule has 0 amide bonds. The highest BCUT2D eigenvalue weighted by Crippen LogP contribution is 2.29. The summed E-state index contributed by atoms with van der Waals surface area (Å²) in [6, 6.07) is 4.07. The summed E-state index contributed by atoms with van der Waals surface area (Å²) in [6.07, 6.45) is -4.26. The molecule has 0 fully saturated rings. The van der Waals surface area contributed by atoms with Crippen LogP contribution in [0.5, 0.6) is 0 Å². The summed E-state index contributed by atoms with van der Waals surface area (Å²) < 4.78 is 36.1. The Morgan fingerprint density at radius 1 is 1.44 bits per heavy atom. The van der Waals surface area contributed by atoms with Crippen LogP contribution >= 0.6 is 27.7 Å². The smallest absolute Gasteiger partial charge is 0.398 e. The van der Waals surface area contributed by atoms with Crippen LogP contribution in [0, 0.1) is 0 Å². The van der Waals surface area contributed by atoms with Gasteiger partial charge in [0.25, 0.3) is 0 Å². The highest BCUT2D eigenvalue weighted by Gasteiger charge is 2.27. The van der Waals surface area contributed by atoms with E-state index in [0.717, 1.165) is 0 Å². The summed E-state index contributed by atoms with van der Waals surface area (Å²) in [5, 5.41) is 8.76. The Hall–Kier alpha value is -0.690. The second-order valence-electron chi connectivity index (χ2n) is 2.85. The first-order valence-corrected chi connectivity index (χ1v) is 5.80. The first kappa shape index (κ1) is 13.4. The minimum Gasteiger partial charge on any atom is -0.478 e. The maximum absolute atomic E-state index is 11.9. The highest BCUT2D eigenvalue weighted by molar-refractivity contribution is 9.10. The van der Waals surface area contributed by atoms with E-state index in [1.54, 1.807) is 0 Å². The van der Waals surface area contributed by atoms with Crippen molar-refractivity contribution in [2.45, 2.75) is 11.1 Å². The van der Waals surface area contributed by atoms with Gasteiger partial charge in [0, 0.05) is 9.37 Å². The lowest BCUT2D eigenvalue weighted by atomic mass is 10.2. The lowest BCUT2D eigenvalue weighted by molar-refractivity contribution is -0.105. The van der Waals surface area contributed by atoms with Crippen LogP contribution in [0.2, 0.25) is 0 Å². The van der Waals surface area contributed by atoms with Gasteiger partial charge in [0.15, 0.2) is 0 Å². The average Bonchev–Trinajstić information content (AvgIpc) is 2.14. The molecule has 16 heavy (non-hydrogen) atoms. The van der Waals surface area contributed by atoms with Gasteiger partial charge in [-0.15, -0.1) is 11.8 Å². The summed E-state index contributed by atoms with van der Waals surface area (Å²) in [6.45, 7) is 0. The van der Waals surface area contributed by atoms with Gasteiger partial charge in [-0.25, -0.2) is 4.79 Å². The molecule has 0 saturated heterocycles. The topological polar surface area (TPSA) is 37.3 Å². The molecule has 1 N–H and O–H groups in total. The van der Waals surface area contributed by atoms with Crippen LogP contribution in [-0.2, 0) is 0 Å². The molecule has 1 rings (SSSR count). The maximum atomic E-state index is 11.9. The van der Waals surface area contributed by atoms with E-state index in [1.165, 1.54) is 18.2 Å². The van der Waals surface area contributed by atoms with Gasteiger partial charge in [0.1, 0.15) is 0 Å². The Balaban J connectivity index is 2.83. The average molecular weight is 315 g/mol. The highest BCUT2D eigenvalue weighted by atomic mass is 79.9. The quantitative estimate of drug-likeness (QED) is 0.862. The van der Waals surface area contributed by atoms with E-state index in [0.29, 0.717) is 16.2 Å². The maximum Gasteiger partial charge on any atom is 0.398 e. The molecule has 0 spiro atoms. The molecule has 0 bridgehead atoms. The number of hydrogen-bond donors (Lipinski definition) is 1. The number of thioether (sulfide) groups is 1. The van der Waals surface area contributed by atoms with Gasteiger partial charge >= 0.3 is 12.1 Å². The number of alkyl halides is 3. The molecule has 0 unspecified atom stereocenters. The van der Waals surface area contributed by atoms with Gasteiger partial charge in [-0.1, -0.05) is 0 Å². The predicted octanol–water partition coefficient (Wildman–Crippen LogP) is 3.80. The molecular formula is C9H6BrF3O2S. The summed E-state index contributed by atoms with van der Waals surface area (Å²) in [5.41, 5.74) is -0.0489. The summed E-state index contributed by atoms with van der Waals surface area (Å²) in [7, 11) is 0. The van der Waals surface area contributed by atoms with Gasteiger partial charge < -0.3 is 5.11 Å². The van der Waals surface area contributed by atoms with Crippen molar-refractivity contribution in [1.82, 2.24) is 0 Å². The van der Waals surface area contributed by atoms with E-state index in [4.69, 9.17) is 5.11 Å². The van der Waals surface area contributed by atoms with E-state index >= 15 is 0 Å².